The van der Waals surface area contributed by atoms with Crippen LogP contribution >= 0.6 is 0 Å². The Morgan fingerprint density at radius 1 is 1.31 bits per heavy atom. The van der Waals surface area contributed by atoms with Gasteiger partial charge in [-0.05, 0) is 19.1 Å². The molecule has 0 bridgehead atoms. The van der Waals surface area contributed by atoms with Crippen LogP contribution in [-0.2, 0) is 9.84 Å². The summed E-state index contributed by atoms with van der Waals surface area (Å²) < 4.78 is 22.9. The highest BCUT2D eigenvalue weighted by molar-refractivity contribution is 8.04. The van der Waals surface area contributed by atoms with Gasteiger partial charge in [0.15, 0.2) is 0 Å². The average molecular weight is 197 g/mol. The Morgan fingerprint density at radius 2 is 1.92 bits per heavy atom. The molecule has 1 aromatic carbocycles. The van der Waals surface area contributed by atoms with E-state index in [1.54, 1.807) is 37.3 Å². The second kappa shape index (κ2) is 4.18. The number of hydrogen-bond donors (Lipinski definition) is 0. The summed E-state index contributed by atoms with van der Waals surface area (Å²) in [7, 11) is -3.31. The lowest BCUT2D eigenvalue weighted by molar-refractivity contribution is 0.608. The zero-order chi connectivity index (χ0) is 9.73. The lowest BCUT2D eigenvalue weighted by Gasteiger charge is -1.95. The van der Waals surface area contributed by atoms with Crippen molar-refractivity contribution in [3.63, 3.8) is 0 Å². The predicted molar refractivity (Wildman–Crippen MR) is 52.7 cm³/mol. The molecule has 0 spiro atoms. The molecule has 0 saturated carbocycles. The zero-order valence-corrected chi connectivity index (χ0v) is 8.16. The highest BCUT2D eigenvalue weighted by Gasteiger charge is 2.08. The summed E-state index contributed by atoms with van der Waals surface area (Å²) in [5.74, 6) is 0. The number of sulfone groups is 1. The molecule has 0 fully saturated rings. The Kier molecular flexibility index (Phi) is 3.19. The first kappa shape index (κ1) is 9.92. The molecule has 70 valence electrons. The van der Waals surface area contributed by atoms with Crippen LogP contribution in [-0.4, -0.2) is 20.5 Å². The van der Waals surface area contributed by atoms with Crippen LogP contribution in [0.15, 0.2) is 40.2 Å². The smallest absolute Gasteiger partial charge is 0.216 e. The zero-order valence-electron chi connectivity index (χ0n) is 7.34. The Hall–Kier alpha value is -1.16. The average Bonchev–Trinajstić information content (AvgIpc) is 2.16. The largest absolute Gasteiger partial charge is 0.281 e. The van der Waals surface area contributed by atoms with E-state index in [-0.39, 0.29) is 4.90 Å². The van der Waals surface area contributed by atoms with Gasteiger partial charge in [-0.3, -0.25) is 4.99 Å². The minimum Gasteiger partial charge on any atom is -0.281 e. The molecular formula is C9H11NO2S. The van der Waals surface area contributed by atoms with E-state index in [2.05, 4.69) is 4.99 Å². The summed E-state index contributed by atoms with van der Waals surface area (Å²) in [4.78, 5) is 3.99. The van der Waals surface area contributed by atoms with Crippen LogP contribution in [0.3, 0.4) is 0 Å². The summed E-state index contributed by atoms with van der Waals surface area (Å²) in [5.41, 5.74) is 1.00. The molecule has 4 heteroatoms. The predicted octanol–water partition coefficient (Wildman–Crippen LogP) is 1.51. The highest BCUT2D eigenvalue weighted by Crippen LogP contribution is 2.07. The summed E-state index contributed by atoms with van der Waals surface area (Å²) in [6.45, 7) is 2.27. The lowest BCUT2D eigenvalue weighted by atomic mass is 10.4. The van der Waals surface area contributed by atoms with E-state index >= 15 is 0 Å². The van der Waals surface area contributed by atoms with Crippen LogP contribution in [0.2, 0.25) is 0 Å². The van der Waals surface area contributed by atoms with Crippen molar-refractivity contribution < 1.29 is 8.42 Å². The molecule has 0 N–H and O–H groups in total. The molecular weight excluding hydrogens is 186 g/mol. The van der Waals surface area contributed by atoms with Crippen molar-refractivity contribution in [3.8, 4) is 0 Å². The first-order chi connectivity index (χ1) is 6.17. The Bertz CT molecular complexity index is 381. The molecule has 0 amide bonds. The van der Waals surface area contributed by atoms with Gasteiger partial charge in [-0.15, -0.1) is 0 Å². The number of aliphatic imine (C=N–C) groups is 1. The Morgan fingerprint density at radius 3 is 2.46 bits per heavy atom. The maximum Gasteiger partial charge on any atom is 0.216 e. The quantitative estimate of drug-likeness (QED) is 0.544. The fraction of sp³-hybridized carbons (Fsp3) is 0.222. The molecule has 0 aromatic heterocycles. The fourth-order valence-electron chi connectivity index (χ4n) is 0.844. The van der Waals surface area contributed by atoms with Crippen molar-refractivity contribution in [2.45, 2.75) is 11.8 Å². The van der Waals surface area contributed by atoms with Gasteiger partial charge in [0.05, 0.1) is 4.90 Å². The molecule has 0 atom stereocenters. The van der Waals surface area contributed by atoms with Crippen molar-refractivity contribution in [1.82, 2.24) is 0 Å². The minimum absolute atomic E-state index is 0.284. The van der Waals surface area contributed by atoms with Crippen LogP contribution in [0.4, 0.5) is 0 Å². The minimum atomic E-state index is -3.31. The van der Waals surface area contributed by atoms with E-state index in [0.717, 1.165) is 5.55 Å². The van der Waals surface area contributed by atoms with E-state index < -0.39 is 9.84 Å². The van der Waals surface area contributed by atoms with Crippen molar-refractivity contribution in [2.75, 3.05) is 6.54 Å². The molecule has 3 nitrogen and oxygen atoms in total. The molecule has 0 saturated heterocycles. The van der Waals surface area contributed by atoms with Gasteiger partial charge in [-0.25, -0.2) is 8.42 Å². The number of benzene rings is 1. The third-order valence-corrected chi connectivity index (χ3v) is 2.82. The fourth-order valence-corrected chi connectivity index (χ4v) is 1.85. The van der Waals surface area contributed by atoms with Crippen molar-refractivity contribution in [3.05, 3.63) is 30.3 Å². The number of rotatable bonds is 3. The summed E-state index contributed by atoms with van der Waals surface area (Å²) in [6, 6.07) is 8.25. The third-order valence-electron chi connectivity index (χ3n) is 1.47. The lowest BCUT2D eigenvalue weighted by Crippen LogP contribution is -2.01. The Balaban J connectivity index is 3.02. The molecule has 0 radical (unpaired) electrons. The number of hydrogen-bond acceptors (Lipinski definition) is 3. The normalized spacial score (nSPS) is 12.1. The molecule has 1 rings (SSSR count). The maximum atomic E-state index is 11.4. The SMILES string of the molecule is CC/N=C/S(=O)(=O)c1ccccc1. The van der Waals surface area contributed by atoms with Crippen LogP contribution < -0.4 is 0 Å². The van der Waals surface area contributed by atoms with Gasteiger partial charge in [-0.2, -0.15) is 0 Å². The van der Waals surface area contributed by atoms with Gasteiger partial charge >= 0.3 is 0 Å². The maximum absolute atomic E-state index is 11.4. The van der Waals surface area contributed by atoms with Crippen molar-refractivity contribution in [1.29, 1.82) is 0 Å². The van der Waals surface area contributed by atoms with Crippen molar-refractivity contribution >= 4 is 15.4 Å². The molecule has 0 heterocycles. The van der Waals surface area contributed by atoms with Crippen LogP contribution in [0, 0.1) is 0 Å². The standard InChI is InChI=1S/C9H11NO2S/c1-2-10-8-13(11,12)9-6-4-3-5-7-9/h3-8H,2H2,1H3/b10-8+. The van der Waals surface area contributed by atoms with Gasteiger partial charge in [0, 0.05) is 6.54 Å². The molecule has 0 aliphatic carbocycles. The molecule has 13 heavy (non-hydrogen) atoms. The molecule has 1 aromatic rings. The second-order valence-corrected chi connectivity index (χ2v) is 4.23. The van der Waals surface area contributed by atoms with Crippen LogP contribution in [0.1, 0.15) is 6.92 Å². The van der Waals surface area contributed by atoms with E-state index in [1.165, 1.54) is 0 Å². The summed E-state index contributed by atoms with van der Waals surface area (Å²) in [5, 5.41) is 0. The molecule has 0 aliphatic heterocycles. The van der Waals surface area contributed by atoms with E-state index in [4.69, 9.17) is 0 Å². The van der Waals surface area contributed by atoms with Crippen LogP contribution in [0.25, 0.3) is 0 Å². The summed E-state index contributed by atoms with van der Waals surface area (Å²) >= 11 is 0. The monoisotopic (exact) mass is 197 g/mol. The molecule has 0 unspecified atom stereocenters. The Labute approximate surface area is 78.0 Å². The van der Waals surface area contributed by atoms with E-state index in [0.29, 0.717) is 6.54 Å². The first-order valence-corrected chi connectivity index (χ1v) is 5.51. The van der Waals surface area contributed by atoms with E-state index in [1.807, 2.05) is 0 Å². The molecule has 0 aliphatic rings. The highest BCUT2D eigenvalue weighted by atomic mass is 32.2. The van der Waals surface area contributed by atoms with Gasteiger partial charge in [-0.1, -0.05) is 18.2 Å². The topological polar surface area (TPSA) is 46.5 Å². The summed E-state index contributed by atoms with van der Waals surface area (Å²) in [6.07, 6.45) is 0. The van der Waals surface area contributed by atoms with Gasteiger partial charge < -0.3 is 0 Å². The van der Waals surface area contributed by atoms with Gasteiger partial charge in [0.25, 0.3) is 0 Å². The van der Waals surface area contributed by atoms with Gasteiger partial charge in [0.2, 0.25) is 9.84 Å². The first-order valence-electron chi connectivity index (χ1n) is 3.97. The second-order valence-electron chi connectivity index (χ2n) is 2.46. The third kappa shape index (κ3) is 2.66. The van der Waals surface area contributed by atoms with Crippen LogP contribution in [0.5, 0.6) is 0 Å². The van der Waals surface area contributed by atoms with Gasteiger partial charge in [0.1, 0.15) is 5.55 Å². The van der Waals surface area contributed by atoms with E-state index in [9.17, 15) is 8.42 Å². The number of nitrogens with zero attached hydrogens (tertiary/aromatic N) is 1. The van der Waals surface area contributed by atoms with Crippen molar-refractivity contribution in [2.24, 2.45) is 4.99 Å².